The average Bonchev–Trinajstić information content (AvgIpc) is 1.99. The van der Waals surface area contributed by atoms with Gasteiger partial charge in [0.05, 0.1) is 0 Å². The minimum absolute atomic E-state index is 0.109. The molecule has 1 N–H and O–H groups in total. The van der Waals surface area contributed by atoms with Gasteiger partial charge in [-0.1, -0.05) is 13.8 Å². The van der Waals surface area contributed by atoms with E-state index in [2.05, 4.69) is 19.2 Å². The Morgan fingerprint density at radius 1 is 1.33 bits per heavy atom. The van der Waals surface area contributed by atoms with Gasteiger partial charge in [-0.2, -0.15) is 0 Å². The van der Waals surface area contributed by atoms with Crippen LogP contribution in [-0.2, 0) is 9.53 Å². The van der Waals surface area contributed by atoms with Crippen LogP contribution in [0.5, 0.6) is 0 Å². The van der Waals surface area contributed by atoms with E-state index in [1.807, 2.05) is 20.8 Å². The van der Waals surface area contributed by atoms with Gasteiger partial charge in [0, 0.05) is 0 Å². The molecule has 3 atom stereocenters. The summed E-state index contributed by atoms with van der Waals surface area (Å²) in [5, 5.41) is 3.27. The summed E-state index contributed by atoms with van der Waals surface area (Å²) in [6.07, 6.45) is 1.09. The molecule has 3 heteroatoms. The Morgan fingerprint density at radius 2 is 1.93 bits per heavy atom. The van der Waals surface area contributed by atoms with Crippen molar-refractivity contribution in [3.05, 3.63) is 0 Å². The third-order valence-electron chi connectivity index (χ3n) is 2.69. The summed E-state index contributed by atoms with van der Waals surface area (Å²) in [6, 6.07) is -0.125. The van der Waals surface area contributed by atoms with E-state index in [1.54, 1.807) is 0 Å². The normalized spacial score (nSPS) is 32.5. The molecule has 88 valence electrons. The molecule has 0 aliphatic carbocycles. The van der Waals surface area contributed by atoms with Crippen LogP contribution in [-0.4, -0.2) is 24.2 Å². The third kappa shape index (κ3) is 3.82. The molecule has 0 saturated carbocycles. The van der Waals surface area contributed by atoms with Gasteiger partial charge in [0.2, 0.25) is 0 Å². The van der Waals surface area contributed by atoms with Gasteiger partial charge in [0.25, 0.3) is 0 Å². The van der Waals surface area contributed by atoms with Gasteiger partial charge in [0.1, 0.15) is 11.6 Å². The van der Waals surface area contributed by atoms with Crippen LogP contribution in [0.4, 0.5) is 0 Å². The molecule has 3 nitrogen and oxygen atoms in total. The first-order valence-corrected chi connectivity index (χ1v) is 5.76. The standard InChI is InChI=1S/C12H23NO2/c1-8-6-9(2)10(13-7-8)11(14)15-12(3,4)5/h8-10,13H,6-7H2,1-5H3. The lowest BCUT2D eigenvalue weighted by atomic mass is 9.87. The molecule has 0 aromatic heterocycles. The number of hydrogen-bond acceptors (Lipinski definition) is 3. The van der Waals surface area contributed by atoms with Gasteiger partial charge in [-0.15, -0.1) is 0 Å². The van der Waals surface area contributed by atoms with Crippen molar-refractivity contribution in [1.29, 1.82) is 0 Å². The third-order valence-corrected chi connectivity index (χ3v) is 2.69. The van der Waals surface area contributed by atoms with Crippen LogP contribution in [0.15, 0.2) is 0 Å². The van der Waals surface area contributed by atoms with E-state index < -0.39 is 0 Å². The Bertz CT molecular complexity index is 232. The maximum Gasteiger partial charge on any atom is 0.323 e. The van der Waals surface area contributed by atoms with E-state index in [0.717, 1.165) is 13.0 Å². The fourth-order valence-electron chi connectivity index (χ4n) is 2.06. The zero-order valence-corrected chi connectivity index (χ0v) is 10.5. The number of hydrogen-bond donors (Lipinski definition) is 1. The zero-order chi connectivity index (χ0) is 11.6. The quantitative estimate of drug-likeness (QED) is 0.677. The maximum atomic E-state index is 11.8. The van der Waals surface area contributed by atoms with Crippen molar-refractivity contribution in [3.63, 3.8) is 0 Å². The first-order valence-electron chi connectivity index (χ1n) is 5.76. The van der Waals surface area contributed by atoms with Crippen LogP contribution in [0.1, 0.15) is 41.0 Å². The summed E-state index contributed by atoms with van der Waals surface area (Å²) in [7, 11) is 0. The maximum absolute atomic E-state index is 11.8. The summed E-state index contributed by atoms with van der Waals surface area (Å²) in [5.74, 6) is 0.907. The molecule has 1 heterocycles. The van der Waals surface area contributed by atoms with E-state index in [1.165, 1.54) is 0 Å². The SMILES string of the molecule is CC1CNC(C(=O)OC(C)(C)C)C(C)C1. The molecule has 1 aliphatic rings. The Labute approximate surface area is 92.6 Å². The van der Waals surface area contributed by atoms with Gasteiger partial charge in [-0.05, 0) is 45.6 Å². The Balaban J connectivity index is 2.53. The molecule has 3 unspecified atom stereocenters. The fourth-order valence-corrected chi connectivity index (χ4v) is 2.06. The minimum Gasteiger partial charge on any atom is -0.459 e. The van der Waals surface area contributed by atoms with Crippen molar-refractivity contribution >= 4 is 5.97 Å². The van der Waals surface area contributed by atoms with Gasteiger partial charge < -0.3 is 10.1 Å². The second kappa shape index (κ2) is 4.52. The van der Waals surface area contributed by atoms with Crippen LogP contribution < -0.4 is 5.32 Å². The highest BCUT2D eigenvalue weighted by molar-refractivity contribution is 5.76. The van der Waals surface area contributed by atoms with E-state index in [-0.39, 0.29) is 17.6 Å². The minimum atomic E-state index is -0.387. The second-order valence-electron chi connectivity index (χ2n) is 5.74. The summed E-state index contributed by atoms with van der Waals surface area (Å²) in [6.45, 7) is 10.9. The molecule has 0 aromatic carbocycles. The molecular formula is C12H23NO2. The van der Waals surface area contributed by atoms with Crippen LogP contribution in [0.25, 0.3) is 0 Å². The predicted octanol–water partition coefficient (Wildman–Crippen LogP) is 1.96. The van der Waals surface area contributed by atoms with Gasteiger partial charge >= 0.3 is 5.97 Å². The van der Waals surface area contributed by atoms with Gasteiger partial charge in [0.15, 0.2) is 0 Å². The van der Waals surface area contributed by atoms with Crippen molar-refractivity contribution in [3.8, 4) is 0 Å². The van der Waals surface area contributed by atoms with E-state index >= 15 is 0 Å². The molecule has 0 radical (unpaired) electrons. The van der Waals surface area contributed by atoms with Crippen molar-refractivity contribution < 1.29 is 9.53 Å². The number of nitrogens with one attached hydrogen (secondary N) is 1. The summed E-state index contributed by atoms with van der Waals surface area (Å²) in [4.78, 5) is 11.8. The highest BCUT2D eigenvalue weighted by Gasteiger charge is 2.33. The number of carbonyl (C=O) groups is 1. The van der Waals surface area contributed by atoms with Crippen LogP contribution in [0, 0.1) is 11.8 Å². The molecule has 1 rings (SSSR count). The van der Waals surface area contributed by atoms with Crippen LogP contribution >= 0.6 is 0 Å². The largest absolute Gasteiger partial charge is 0.459 e. The molecule has 0 amide bonds. The highest BCUT2D eigenvalue weighted by Crippen LogP contribution is 2.22. The Hall–Kier alpha value is -0.570. The summed E-state index contributed by atoms with van der Waals surface area (Å²) >= 11 is 0. The first kappa shape index (κ1) is 12.5. The van der Waals surface area contributed by atoms with E-state index in [0.29, 0.717) is 11.8 Å². The Morgan fingerprint density at radius 3 is 2.40 bits per heavy atom. The molecule has 0 aromatic rings. The molecule has 1 fully saturated rings. The molecule has 1 aliphatic heterocycles. The topological polar surface area (TPSA) is 38.3 Å². The lowest BCUT2D eigenvalue weighted by molar-refractivity contribution is -0.159. The summed E-state index contributed by atoms with van der Waals surface area (Å²) < 4.78 is 5.38. The smallest absolute Gasteiger partial charge is 0.323 e. The average molecular weight is 213 g/mol. The molecule has 1 saturated heterocycles. The highest BCUT2D eigenvalue weighted by atomic mass is 16.6. The van der Waals surface area contributed by atoms with Crippen LogP contribution in [0.3, 0.4) is 0 Å². The van der Waals surface area contributed by atoms with Crippen molar-refractivity contribution in [2.75, 3.05) is 6.54 Å². The summed E-state index contributed by atoms with van der Waals surface area (Å²) in [5.41, 5.74) is -0.387. The van der Waals surface area contributed by atoms with Crippen molar-refractivity contribution in [2.45, 2.75) is 52.7 Å². The van der Waals surface area contributed by atoms with E-state index in [4.69, 9.17) is 4.74 Å². The number of rotatable bonds is 1. The monoisotopic (exact) mass is 213 g/mol. The lowest BCUT2D eigenvalue weighted by Crippen LogP contribution is -2.50. The first-order chi connectivity index (χ1) is 6.79. The second-order valence-corrected chi connectivity index (χ2v) is 5.74. The van der Waals surface area contributed by atoms with E-state index in [9.17, 15) is 4.79 Å². The van der Waals surface area contributed by atoms with Crippen LogP contribution in [0.2, 0.25) is 0 Å². The van der Waals surface area contributed by atoms with Crippen molar-refractivity contribution in [1.82, 2.24) is 5.32 Å². The number of piperidine rings is 1. The number of carbonyl (C=O) groups excluding carboxylic acids is 1. The van der Waals surface area contributed by atoms with Gasteiger partial charge in [-0.3, -0.25) is 4.79 Å². The molecule has 15 heavy (non-hydrogen) atoms. The Kier molecular flexibility index (Phi) is 3.77. The fraction of sp³-hybridized carbons (Fsp3) is 0.917. The van der Waals surface area contributed by atoms with Gasteiger partial charge in [-0.25, -0.2) is 0 Å². The number of esters is 1. The molecule has 0 bridgehead atoms. The lowest BCUT2D eigenvalue weighted by Gasteiger charge is -2.34. The molecular weight excluding hydrogens is 190 g/mol. The number of ether oxygens (including phenoxy) is 1. The predicted molar refractivity (Wildman–Crippen MR) is 60.6 cm³/mol. The zero-order valence-electron chi connectivity index (χ0n) is 10.5. The van der Waals surface area contributed by atoms with Crippen molar-refractivity contribution in [2.24, 2.45) is 11.8 Å². The molecule has 0 spiro atoms.